The first-order valence-electron chi connectivity index (χ1n) is 8.79. The molecular weight excluding hydrogens is 348 g/mol. The second-order valence-electron chi connectivity index (χ2n) is 6.74. The van der Waals surface area contributed by atoms with E-state index >= 15 is 0 Å². The third kappa shape index (κ3) is 2.84. The van der Waals surface area contributed by atoms with Gasteiger partial charge in [0.1, 0.15) is 0 Å². The van der Waals surface area contributed by atoms with Crippen LogP contribution in [0.3, 0.4) is 0 Å². The van der Waals surface area contributed by atoms with Crippen LogP contribution >= 0.6 is 12.4 Å². The minimum Gasteiger partial charge on any atom is -0.344 e. The summed E-state index contributed by atoms with van der Waals surface area (Å²) in [6.07, 6.45) is 7.46. The number of benzene rings is 2. The van der Waals surface area contributed by atoms with Gasteiger partial charge in [0.15, 0.2) is 0 Å². The Kier molecular flexibility index (Phi) is 4.57. The van der Waals surface area contributed by atoms with Crippen molar-refractivity contribution in [2.45, 2.75) is 25.2 Å². The summed E-state index contributed by atoms with van der Waals surface area (Å²) in [7, 11) is 0. The average molecular weight is 369 g/mol. The number of hydrogen-bond acceptors (Lipinski definition) is 3. The molecule has 0 bridgehead atoms. The largest absolute Gasteiger partial charge is 0.344 e. The Labute approximate surface area is 159 Å². The summed E-state index contributed by atoms with van der Waals surface area (Å²) in [5, 5.41) is 0. The number of imidazole rings is 1. The molecule has 0 amide bonds. The van der Waals surface area contributed by atoms with Crippen LogP contribution in [0.15, 0.2) is 61.2 Å². The van der Waals surface area contributed by atoms with Gasteiger partial charge in [-0.3, -0.25) is 0 Å². The van der Waals surface area contributed by atoms with E-state index in [4.69, 9.17) is 9.47 Å². The fourth-order valence-corrected chi connectivity index (χ4v) is 3.93. The van der Waals surface area contributed by atoms with E-state index in [1.165, 1.54) is 22.3 Å². The molecule has 1 saturated heterocycles. The van der Waals surface area contributed by atoms with Crippen LogP contribution in [0.25, 0.3) is 11.1 Å². The second-order valence-corrected chi connectivity index (χ2v) is 6.74. The maximum atomic E-state index is 6.19. The summed E-state index contributed by atoms with van der Waals surface area (Å²) < 4.78 is 14.4. The number of aromatic nitrogens is 2. The lowest BCUT2D eigenvalue weighted by atomic mass is 9.98. The van der Waals surface area contributed by atoms with Crippen molar-refractivity contribution in [1.29, 1.82) is 0 Å². The molecule has 1 fully saturated rings. The van der Waals surface area contributed by atoms with Crippen LogP contribution in [0.2, 0.25) is 0 Å². The third-order valence-electron chi connectivity index (χ3n) is 5.14. The molecule has 1 aromatic heterocycles. The normalized spacial score (nSPS) is 17.2. The molecule has 5 heteroatoms. The molecule has 0 atom stereocenters. The highest BCUT2D eigenvalue weighted by molar-refractivity contribution is 5.85. The molecule has 0 radical (unpaired) electrons. The number of fused-ring (bicyclic) bond motifs is 3. The van der Waals surface area contributed by atoms with Gasteiger partial charge in [-0.15, -0.1) is 12.4 Å². The Hall–Kier alpha value is -2.14. The van der Waals surface area contributed by atoms with E-state index < -0.39 is 5.79 Å². The van der Waals surface area contributed by atoms with Gasteiger partial charge in [0.05, 0.1) is 26.1 Å². The van der Waals surface area contributed by atoms with Gasteiger partial charge in [0.2, 0.25) is 5.79 Å². The van der Waals surface area contributed by atoms with E-state index in [0.29, 0.717) is 19.8 Å². The Balaban J connectivity index is 0.00000168. The lowest BCUT2D eigenvalue weighted by Gasteiger charge is -2.38. The van der Waals surface area contributed by atoms with E-state index in [9.17, 15) is 0 Å². The lowest BCUT2D eigenvalue weighted by Crippen LogP contribution is -2.41. The van der Waals surface area contributed by atoms with Crippen LogP contribution in [-0.2, 0) is 28.2 Å². The van der Waals surface area contributed by atoms with Crippen LogP contribution in [0.1, 0.15) is 23.1 Å². The molecule has 26 heavy (non-hydrogen) atoms. The average Bonchev–Trinajstić information content (AvgIpc) is 3.29. The minimum atomic E-state index is -0.733. The van der Waals surface area contributed by atoms with E-state index in [2.05, 4.69) is 47.4 Å². The molecule has 1 aliphatic carbocycles. The molecule has 134 valence electrons. The molecule has 0 spiro atoms. The molecule has 0 N–H and O–H groups in total. The van der Waals surface area contributed by atoms with Gasteiger partial charge in [-0.25, -0.2) is 4.98 Å². The predicted octanol–water partition coefficient (Wildman–Crippen LogP) is 4.17. The van der Waals surface area contributed by atoms with Crippen molar-refractivity contribution in [2.75, 3.05) is 13.2 Å². The van der Waals surface area contributed by atoms with E-state index in [1.807, 2.05) is 17.1 Å². The molecule has 2 aliphatic rings. The summed E-state index contributed by atoms with van der Waals surface area (Å²) in [4.78, 5) is 4.15. The standard InChI is InChI=1S/C21H20N2O2.ClH/c1-2-5-19-16(4-1)12-17-13-18(6-7-20(17)19)21(24-10-3-11-25-21)14-23-9-8-22-15-23;/h1-2,4-9,13,15H,3,10-12,14H2;1H. The Morgan fingerprint density at radius 2 is 1.81 bits per heavy atom. The maximum Gasteiger partial charge on any atom is 0.213 e. The lowest BCUT2D eigenvalue weighted by molar-refractivity contribution is -0.283. The molecule has 4 nitrogen and oxygen atoms in total. The SMILES string of the molecule is Cl.c1ccc2c(c1)Cc1cc(C3(Cn4ccnc4)OCCCO3)ccc1-2. The number of rotatable bonds is 3. The topological polar surface area (TPSA) is 36.3 Å². The molecule has 2 aromatic carbocycles. The molecule has 0 unspecified atom stereocenters. The Morgan fingerprint density at radius 1 is 1.00 bits per heavy atom. The van der Waals surface area contributed by atoms with Crippen molar-refractivity contribution in [3.8, 4) is 11.1 Å². The van der Waals surface area contributed by atoms with Crippen LogP contribution in [0, 0.1) is 0 Å². The number of nitrogens with zero attached hydrogens (tertiary/aromatic N) is 2. The molecular formula is C21H21ClN2O2. The van der Waals surface area contributed by atoms with E-state index in [1.54, 1.807) is 6.20 Å². The Bertz CT molecular complexity index is 902. The second kappa shape index (κ2) is 6.88. The van der Waals surface area contributed by atoms with Crippen LogP contribution in [0.4, 0.5) is 0 Å². The predicted molar refractivity (Wildman–Crippen MR) is 102 cm³/mol. The zero-order chi connectivity index (χ0) is 16.7. The summed E-state index contributed by atoms with van der Waals surface area (Å²) >= 11 is 0. The first-order valence-corrected chi connectivity index (χ1v) is 8.79. The molecule has 1 aliphatic heterocycles. The quantitative estimate of drug-likeness (QED) is 0.544. The number of halogens is 1. The van der Waals surface area contributed by atoms with Gasteiger partial charge >= 0.3 is 0 Å². The smallest absolute Gasteiger partial charge is 0.213 e. The van der Waals surface area contributed by atoms with Crippen molar-refractivity contribution in [1.82, 2.24) is 9.55 Å². The third-order valence-corrected chi connectivity index (χ3v) is 5.14. The fourth-order valence-electron chi connectivity index (χ4n) is 3.93. The summed E-state index contributed by atoms with van der Waals surface area (Å²) in [5.74, 6) is -0.733. The van der Waals surface area contributed by atoms with Crippen molar-refractivity contribution in [3.63, 3.8) is 0 Å². The van der Waals surface area contributed by atoms with Crippen LogP contribution in [0.5, 0.6) is 0 Å². The number of hydrogen-bond donors (Lipinski definition) is 0. The van der Waals surface area contributed by atoms with Gasteiger partial charge < -0.3 is 14.0 Å². The van der Waals surface area contributed by atoms with Crippen molar-refractivity contribution < 1.29 is 9.47 Å². The summed E-state index contributed by atoms with van der Waals surface area (Å²) in [5.41, 5.74) is 6.50. The molecule has 3 aromatic rings. The molecule has 5 rings (SSSR count). The zero-order valence-electron chi connectivity index (χ0n) is 14.4. The fraction of sp³-hybridized carbons (Fsp3) is 0.286. The van der Waals surface area contributed by atoms with Gasteiger partial charge in [0, 0.05) is 18.0 Å². The van der Waals surface area contributed by atoms with Crippen LogP contribution < -0.4 is 0 Å². The van der Waals surface area contributed by atoms with Gasteiger partial charge in [-0.05, 0) is 41.2 Å². The van der Waals surface area contributed by atoms with Crippen LogP contribution in [-0.4, -0.2) is 22.8 Å². The Morgan fingerprint density at radius 3 is 2.62 bits per heavy atom. The highest BCUT2D eigenvalue weighted by atomic mass is 35.5. The molecule has 0 saturated carbocycles. The van der Waals surface area contributed by atoms with Gasteiger partial charge in [-0.2, -0.15) is 0 Å². The first kappa shape index (κ1) is 17.3. The minimum absolute atomic E-state index is 0. The van der Waals surface area contributed by atoms with Gasteiger partial charge in [-0.1, -0.05) is 36.4 Å². The monoisotopic (exact) mass is 368 g/mol. The first-order chi connectivity index (χ1) is 12.3. The van der Waals surface area contributed by atoms with E-state index in [-0.39, 0.29) is 12.4 Å². The van der Waals surface area contributed by atoms with Gasteiger partial charge in [0.25, 0.3) is 0 Å². The van der Waals surface area contributed by atoms with E-state index in [0.717, 1.165) is 18.4 Å². The van der Waals surface area contributed by atoms with Crippen molar-refractivity contribution in [2.24, 2.45) is 0 Å². The van der Waals surface area contributed by atoms with Crippen molar-refractivity contribution >= 4 is 12.4 Å². The summed E-state index contributed by atoms with van der Waals surface area (Å²) in [6.45, 7) is 2.04. The maximum absolute atomic E-state index is 6.19. The zero-order valence-corrected chi connectivity index (χ0v) is 15.2. The number of ether oxygens (including phenoxy) is 2. The summed E-state index contributed by atoms with van der Waals surface area (Å²) in [6, 6.07) is 15.3. The highest BCUT2D eigenvalue weighted by Gasteiger charge is 2.38. The van der Waals surface area contributed by atoms with Crippen molar-refractivity contribution in [3.05, 3.63) is 77.9 Å². The highest BCUT2D eigenvalue weighted by Crippen LogP contribution is 2.40. The molecule has 2 heterocycles.